The molecule has 1 unspecified atom stereocenters. The number of hydrogen-bond acceptors (Lipinski definition) is 5. The molecule has 1 aromatic carbocycles. The van der Waals surface area contributed by atoms with Crippen molar-refractivity contribution < 1.29 is 27.5 Å². The predicted molar refractivity (Wildman–Crippen MR) is 114 cm³/mol. The Labute approximate surface area is 192 Å². The van der Waals surface area contributed by atoms with Gasteiger partial charge in [-0.15, -0.1) is 0 Å². The van der Waals surface area contributed by atoms with Crippen molar-refractivity contribution in [3.8, 4) is 5.88 Å². The molecule has 0 radical (unpaired) electrons. The van der Waals surface area contributed by atoms with Crippen LogP contribution in [0.4, 0.5) is 13.2 Å². The fraction of sp³-hybridized carbons (Fsp3) is 0.300. The minimum absolute atomic E-state index is 0.0184. The zero-order valence-electron chi connectivity index (χ0n) is 16.2. The highest BCUT2D eigenvalue weighted by atomic mass is 35.5. The first-order valence-corrected chi connectivity index (χ1v) is 10.0. The summed E-state index contributed by atoms with van der Waals surface area (Å²) in [6.45, 7) is 1.96. The van der Waals surface area contributed by atoms with E-state index in [-0.39, 0.29) is 30.2 Å². The molecule has 0 saturated heterocycles. The van der Waals surface area contributed by atoms with Gasteiger partial charge in [-0.25, -0.2) is 4.98 Å². The molecule has 0 aliphatic rings. The average molecular weight is 498 g/mol. The van der Waals surface area contributed by atoms with E-state index in [1.165, 1.54) is 6.08 Å². The Morgan fingerprint density at radius 3 is 2.58 bits per heavy atom. The first kappa shape index (κ1) is 25.3. The summed E-state index contributed by atoms with van der Waals surface area (Å²) >= 11 is 17.2. The number of oxime groups is 1. The molecule has 0 amide bonds. The SMILES string of the molecule is CC(OCC=C(Cl)Cl)/C(=N\OCCOc1ccc(C(F)(F)F)cn1)c1cccc(Cl)c1. The van der Waals surface area contributed by atoms with Crippen LogP contribution in [0.25, 0.3) is 0 Å². The number of alkyl halides is 3. The minimum atomic E-state index is -4.45. The molecule has 0 fully saturated rings. The zero-order valence-corrected chi connectivity index (χ0v) is 18.5. The number of halogens is 6. The normalized spacial score (nSPS) is 12.9. The van der Waals surface area contributed by atoms with Crippen molar-refractivity contribution in [3.63, 3.8) is 0 Å². The molecule has 0 spiro atoms. The summed E-state index contributed by atoms with van der Waals surface area (Å²) in [4.78, 5) is 8.92. The molecular formula is C20H18Cl3F3N2O3. The van der Waals surface area contributed by atoms with E-state index >= 15 is 0 Å². The zero-order chi connectivity index (χ0) is 22.9. The molecule has 31 heavy (non-hydrogen) atoms. The summed E-state index contributed by atoms with van der Waals surface area (Å²) in [5, 5.41) is 4.62. The van der Waals surface area contributed by atoms with Crippen molar-refractivity contribution in [3.05, 3.63) is 69.3 Å². The van der Waals surface area contributed by atoms with Crippen LogP contribution in [0.15, 0.2) is 58.3 Å². The van der Waals surface area contributed by atoms with E-state index in [2.05, 4.69) is 10.1 Å². The monoisotopic (exact) mass is 496 g/mol. The van der Waals surface area contributed by atoms with Gasteiger partial charge in [0.05, 0.1) is 12.2 Å². The van der Waals surface area contributed by atoms with Crippen molar-refractivity contribution in [2.45, 2.75) is 19.2 Å². The summed E-state index contributed by atoms with van der Waals surface area (Å²) in [7, 11) is 0. The van der Waals surface area contributed by atoms with Gasteiger partial charge in [-0.2, -0.15) is 13.2 Å². The van der Waals surface area contributed by atoms with Gasteiger partial charge in [0.25, 0.3) is 0 Å². The van der Waals surface area contributed by atoms with E-state index in [9.17, 15) is 13.2 Å². The topological polar surface area (TPSA) is 52.9 Å². The second kappa shape index (κ2) is 12.1. The molecule has 2 rings (SSSR count). The fourth-order valence-electron chi connectivity index (χ4n) is 2.28. The van der Waals surface area contributed by atoms with Gasteiger partial charge < -0.3 is 14.3 Å². The second-order valence-corrected chi connectivity index (χ2v) is 7.47. The lowest BCUT2D eigenvalue weighted by Crippen LogP contribution is -2.23. The van der Waals surface area contributed by atoms with Crippen LogP contribution >= 0.6 is 34.8 Å². The fourth-order valence-corrected chi connectivity index (χ4v) is 2.59. The number of hydrogen-bond donors (Lipinski definition) is 0. The highest BCUT2D eigenvalue weighted by Gasteiger charge is 2.30. The van der Waals surface area contributed by atoms with Gasteiger partial charge in [-0.3, -0.25) is 0 Å². The van der Waals surface area contributed by atoms with Gasteiger partial charge in [0, 0.05) is 22.8 Å². The Balaban J connectivity index is 1.96. The largest absolute Gasteiger partial charge is 0.474 e. The minimum Gasteiger partial charge on any atom is -0.474 e. The van der Waals surface area contributed by atoms with Crippen molar-refractivity contribution in [1.29, 1.82) is 0 Å². The van der Waals surface area contributed by atoms with Crippen LogP contribution in [0.1, 0.15) is 18.1 Å². The molecule has 0 bridgehead atoms. The van der Waals surface area contributed by atoms with Crippen LogP contribution in [0, 0.1) is 0 Å². The third-order valence-corrected chi connectivity index (χ3v) is 4.28. The lowest BCUT2D eigenvalue weighted by Gasteiger charge is -2.15. The standard InChI is InChI=1S/C20H18Cl3F3N2O3/c1-13(29-8-7-17(22)23)19(14-3-2-4-16(21)11-14)28-31-10-9-30-18-6-5-15(12-27-18)20(24,25)26/h2-7,11-13H,8-10H2,1H3/b28-19+. The number of aromatic nitrogens is 1. The first-order chi connectivity index (χ1) is 14.7. The summed E-state index contributed by atoms with van der Waals surface area (Å²) in [5.41, 5.74) is 0.298. The van der Waals surface area contributed by atoms with Crippen molar-refractivity contribution in [2.75, 3.05) is 19.8 Å². The highest BCUT2D eigenvalue weighted by molar-refractivity contribution is 6.55. The molecule has 11 heteroatoms. The third kappa shape index (κ3) is 8.95. The van der Waals surface area contributed by atoms with Crippen LogP contribution in [0.5, 0.6) is 5.88 Å². The molecule has 0 aliphatic heterocycles. The number of rotatable bonds is 10. The number of pyridine rings is 1. The van der Waals surface area contributed by atoms with Crippen molar-refractivity contribution >= 4 is 40.5 Å². The quantitative estimate of drug-likeness (QED) is 0.220. The van der Waals surface area contributed by atoms with Crippen LogP contribution in [-0.2, 0) is 15.8 Å². The van der Waals surface area contributed by atoms with Gasteiger partial charge in [0.15, 0.2) is 6.61 Å². The van der Waals surface area contributed by atoms with Gasteiger partial charge in [0.1, 0.15) is 22.9 Å². The van der Waals surface area contributed by atoms with Crippen LogP contribution in [0.3, 0.4) is 0 Å². The highest BCUT2D eigenvalue weighted by Crippen LogP contribution is 2.29. The number of nitrogens with zero attached hydrogens (tertiary/aromatic N) is 2. The molecule has 1 aromatic heterocycles. The van der Waals surface area contributed by atoms with Crippen molar-refractivity contribution in [1.82, 2.24) is 4.98 Å². The summed E-state index contributed by atoms with van der Waals surface area (Å²) in [5.74, 6) is 0.0390. The van der Waals surface area contributed by atoms with E-state index in [1.54, 1.807) is 31.2 Å². The van der Waals surface area contributed by atoms with Gasteiger partial charge in [-0.05, 0) is 31.2 Å². The molecule has 1 atom stereocenters. The summed E-state index contributed by atoms with van der Waals surface area (Å²) < 4.78 is 48.6. The smallest absolute Gasteiger partial charge is 0.417 e. The third-order valence-electron chi connectivity index (χ3n) is 3.74. The summed E-state index contributed by atoms with van der Waals surface area (Å²) in [6, 6.07) is 9.00. The first-order valence-electron chi connectivity index (χ1n) is 8.91. The predicted octanol–water partition coefficient (Wildman–Crippen LogP) is 6.28. The maximum absolute atomic E-state index is 12.5. The molecule has 168 valence electrons. The van der Waals surface area contributed by atoms with Crippen molar-refractivity contribution in [2.24, 2.45) is 5.16 Å². The Morgan fingerprint density at radius 1 is 1.19 bits per heavy atom. The van der Waals surface area contributed by atoms with Gasteiger partial charge in [0.2, 0.25) is 5.88 Å². The van der Waals surface area contributed by atoms with E-state index < -0.39 is 17.8 Å². The lowest BCUT2D eigenvalue weighted by atomic mass is 10.1. The molecule has 1 heterocycles. The number of ether oxygens (including phenoxy) is 2. The molecule has 0 N–H and O–H groups in total. The van der Waals surface area contributed by atoms with E-state index in [1.807, 2.05) is 0 Å². The Kier molecular flexibility index (Phi) is 9.90. The lowest BCUT2D eigenvalue weighted by molar-refractivity contribution is -0.137. The van der Waals surface area contributed by atoms with Gasteiger partial charge in [-0.1, -0.05) is 52.1 Å². The van der Waals surface area contributed by atoms with E-state index in [0.717, 1.165) is 12.1 Å². The molecule has 0 aliphatic carbocycles. The van der Waals surface area contributed by atoms with Crippen LogP contribution in [0.2, 0.25) is 5.02 Å². The van der Waals surface area contributed by atoms with Gasteiger partial charge >= 0.3 is 6.18 Å². The average Bonchev–Trinajstić information content (AvgIpc) is 2.70. The summed E-state index contributed by atoms with van der Waals surface area (Å²) in [6.07, 6.45) is -2.75. The maximum atomic E-state index is 12.5. The Morgan fingerprint density at radius 2 is 1.97 bits per heavy atom. The second-order valence-electron chi connectivity index (χ2n) is 6.02. The van der Waals surface area contributed by atoms with Crippen LogP contribution in [-0.4, -0.2) is 36.6 Å². The molecule has 0 saturated carbocycles. The Hall–Kier alpha value is -2.00. The maximum Gasteiger partial charge on any atom is 0.417 e. The van der Waals surface area contributed by atoms with Crippen LogP contribution < -0.4 is 4.74 Å². The van der Waals surface area contributed by atoms with E-state index in [0.29, 0.717) is 22.5 Å². The van der Waals surface area contributed by atoms with E-state index in [4.69, 9.17) is 49.1 Å². The molecular weight excluding hydrogens is 480 g/mol. The molecule has 2 aromatic rings. The Bertz CT molecular complexity index is 903. The number of benzene rings is 1. The molecule has 5 nitrogen and oxygen atoms in total.